The van der Waals surface area contributed by atoms with E-state index in [0.717, 1.165) is 35.3 Å². The van der Waals surface area contributed by atoms with Gasteiger partial charge in [0.2, 0.25) is 0 Å². The zero-order valence-electron chi connectivity index (χ0n) is 15.8. The molecule has 4 aromatic rings. The molecule has 4 heterocycles. The van der Waals surface area contributed by atoms with Crippen LogP contribution in [-0.4, -0.2) is 40.2 Å². The van der Waals surface area contributed by atoms with Crippen molar-refractivity contribution in [3.8, 4) is 10.9 Å². The van der Waals surface area contributed by atoms with Crippen LogP contribution in [0, 0.1) is 0 Å². The Morgan fingerprint density at radius 2 is 2.07 bits per heavy atom. The normalized spacial score (nSPS) is 20.8. The van der Waals surface area contributed by atoms with Crippen LogP contribution in [0.5, 0.6) is 10.9 Å². The van der Waals surface area contributed by atoms with Gasteiger partial charge in [0.05, 0.1) is 23.2 Å². The number of ether oxygens (including phenoxy) is 2. The van der Waals surface area contributed by atoms with Crippen LogP contribution in [0.25, 0.3) is 21.3 Å². The Morgan fingerprint density at radius 3 is 2.89 bits per heavy atom. The Labute approximate surface area is 166 Å². The third kappa shape index (κ3) is 3.48. The lowest BCUT2D eigenvalue weighted by molar-refractivity contribution is -0.0704. The molecular formula is C21H21N3O3S. The lowest BCUT2D eigenvalue weighted by atomic mass is 10.1. The number of furan rings is 1. The number of thiazole rings is 1. The largest absolute Gasteiger partial charge is 0.464 e. The first-order valence-electron chi connectivity index (χ1n) is 9.41. The van der Waals surface area contributed by atoms with E-state index in [1.165, 1.54) is 16.9 Å². The van der Waals surface area contributed by atoms with E-state index in [4.69, 9.17) is 13.9 Å². The summed E-state index contributed by atoms with van der Waals surface area (Å²) in [5.74, 6) is 0.709. The van der Waals surface area contributed by atoms with E-state index >= 15 is 0 Å². The average Bonchev–Trinajstić information content (AvgIpc) is 3.24. The van der Waals surface area contributed by atoms with Crippen molar-refractivity contribution in [2.45, 2.75) is 32.6 Å². The number of fused-ring (bicyclic) bond motifs is 2. The zero-order valence-corrected chi connectivity index (χ0v) is 16.6. The van der Waals surface area contributed by atoms with E-state index in [1.807, 2.05) is 30.5 Å². The number of benzene rings is 1. The summed E-state index contributed by atoms with van der Waals surface area (Å²) in [6, 6.07) is 9.83. The Hall–Kier alpha value is -2.48. The van der Waals surface area contributed by atoms with Gasteiger partial charge >= 0.3 is 0 Å². The number of pyridine rings is 1. The molecule has 1 saturated heterocycles. The summed E-state index contributed by atoms with van der Waals surface area (Å²) in [5.41, 5.74) is 2.71. The summed E-state index contributed by atoms with van der Waals surface area (Å²) in [4.78, 5) is 11.1. The highest BCUT2D eigenvalue weighted by Crippen LogP contribution is 2.33. The minimum Gasteiger partial charge on any atom is -0.464 e. The smallest absolute Gasteiger partial charge is 0.281 e. The number of nitrogens with zero attached hydrogens (tertiary/aromatic N) is 3. The second-order valence-electron chi connectivity index (χ2n) is 7.28. The van der Waals surface area contributed by atoms with E-state index in [2.05, 4.69) is 34.8 Å². The van der Waals surface area contributed by atoms with Gasteiger partial charge in [0, 0.05) is 42.8 Å². The topological polar surface area (TPSA) is 60.6 Å². The molecule has 0 spiro atoms. The van der Waals surface area contributed by atoms with Gasteiger partial charge in [-0.3, -0.25) is 4.90 Å². The van der Waals surface area contributed by atoms with Crippen LogP contribution in [0.15, 0.2) is 47.2 Å². The Kier molecular flexibility index (Phi) is 4.50. The first kappa shape index (κ1) is 17.6. The van der Waals surface area contributed by atoms with E-state index < -0.39 is 0 Å². The van der Waals surface area contributed by atoms with Crippen molar-refractivity contribution >= 4 is 32.7 Å². The van der Waals surface area contributed by atoms with Crippen LogP contribution in [-0.2, 0) is 11.3 Å². The van der Waals surface area contributed by atoms with Crippen LogP contribution in [0.3, 0.4) is 0 Å². The van der Waals surface area contributed by atoms with Gasteiger partial charge in [-0.25, -0.2) is 4.98 Å². The SMILES string of the molecule is CC1CN(Cc2coc3cc(Oc4nc5ncccc5s4)ccc23)CC(C)O1. The molecule has 5 rings (SSSR count). The van der Waals surface area contributed by atoms with Crippen LogP contribution in [0.2, 0.25) is 0 Å². The summed E-state index contributed by atoms with van der Waals surface area (Å²) in [6.07, 6.45) is 4.09. The molecule has 0 N–H and O–H groups in total. The van der Waals surface area contributed by atoms with Gasteiger partial charge < -0.3 is 13.9 Å². The highest BCUT2D eigenvalue weighted by atomic mass is 32.1. The predicted molar refractivity (Wildman–Crippen MR) is 109 cm³/mol. The van der Waals surface area contributed by atoms with Crippen molar-refractivity contribution < 1.29 is 13.9 Å². The number of hydrogen-bond donors (Lipinski definition) is 0. The highest BCUT2D eigenvalue weighted by molar-refractivity contribution is 7.20. The molecule has 144 valence electrons. The standard InChI is InChI=1S/C21H21N3O3S/c1-13-9-24(10-14(2)26-13)11-15-12-25-18-8-16(5-6-17(15)18)27-21-23-20-19(28-21)4-3-7-22-20/h3-8,12-14H,9-11H2,1-2H3. The third-order valence-electron chi connectivity index (χ3n) is 4.87. The molecule has 0 aliphatic carbocycles. The third-order valence-corrected chi connectivity index (χ3v) is 5.75. The minimum atomic E-state index is 0.255. The molecule has 1 aromatic carbocycles. The van der Waals surface area contributed by atoms with Crippen molar-refractivity contribution in [1.82, 2.24) is 14.9 Å². The zero-order chi connectivity index (χ0) is 19.1. The Bertz CT molecular complexity index is 1080. The van der Waals surface area contributed by atoms with E-state index in [9.17, 15) is 0 Å². The van der Waals surface area contributed by atoms with Gasteiger partial charge in [-0.15, -0.1) is 0 Å². The highest BCUT2D eigenvalue weighted by Gasteiger charge is 2.23. The maximum absolute atomic E-state index is 5.94. The molecule has 0 saturated carbocycles. The van der Waals surface area contributed by atoms with Crippen LogP contribution in [0.4, 0.5) is 0 Å². The Morgan fingerprint density at radius 1 is 1.21 bits per heavy atom. The van der Waals surface area contributed by atoms with Crippen LogP contribution >= 0.6 is 11.3 Å². The summed E-state index contributed by atoms with van der Waals surface area (Å²) in [5, 5.41) is 1.70. The van der Waals surface area contributed by atoms with E-state index in [-0.39, 0.29) is 12.2 Å². The van der Waals surface area contributed by atoms with Crippen LogP contribution in [0.1, 0.15) is 19.4 Å². The molecule has 7 heteroatoms. The number of hydrogen-bond acceptors (Lipinski definition) is 7. The molecule has 1 aliphatic heterocycles. The van der Waals surface area contributed by atoms with Gasteiger partial charge in [-0.2, -0.15) is 4.98 Å². The van der Waals surface area contributed by atoms with E-state index in [1.54, 1.807) is 6.20 Å². The summed E-state index contributed by atoms with van der Waals surface area (Å²) < 4.78 is 18.6. The molecule has 0 amide bonds. The quantitative estimate of drug-likeness (QED) is 0.493. The predicted octanol–water partition coefficient (Wildman–Crippen LogP) is 4.84. The molecule has 2 atom stereocenters. The van der Waals surface area contributed by atoms with Gasteiger partial charge in [0.25, 0.3) is 5.19 Å². The van der Waals surface area contributed by atoms with Crippen LogP contribution < -0.4 is 4.74 Å². The van der Waals surface area contributed by atoms with E-state index in [0.29, 0.717) is 16.6 Å². The maximum atomic E-state index is 5.94. The molecule has 6 nitrogen and oxygen atoms in total. The molecule has 1 aliphatic rings. The second kappa shape index (κ2) is 7.16. The Balaban J connectivity index is 1.35. The average molecular weight is 395 g/mol. The second-order valence-corrected chi connectivity index (χ2v) is 8.27. The molecule has 2 unspecified atom stereocenters. The van der Waals surface area contributed by atoms with Crippen molar-refractivity contribution in [3.05, 3.63) is 48.4 Å². The van der Waals surface area contributed by atoms with Gasteiger partial charge in [0.1, 0.15) is 11.3 Å². The number of morpholine rings is 1. The molecule has 1 fully saturated rings. The fourth-order valence-electron chi connectivity index (χ4n) is 3.80. The summed E-state index contributed by atoms with van der Waals surface area (Å²) in [7, 11) is 0. The lowest BCUT2D eigenvalue weighted by Gasteiger charge is -2.35. The summed E-state index contributed by atoms with van der Waals surface area (Å²) >= 11 is 1.48. The first-order valence-corrected chi connectivity index (χ1v) is 10.2. The minimum absolute atomic E-state index is 0.255. The van der Waals surface area contributed by atoms with Crippen molar-refractivity contribution in [3.63, 3.8) is 0 Å². The number of rotatable bonds is 4. The van der Waals surface area contributed by atoms with Crippen molar-refractivity contribution in [1.29, 1.82) is 0 Å². The summed E-state index contributed by atoms with van der Waals surface area (Å²) in [6.45, 7) is 6.97. The molecule has 0 bridgehead atoms. The van der Waals surface area contributed by atoms with Crippen molar-refractivity contribution in [2.24, 2.45) is 0 Å². The maximum Gasteiger partial charge on any atom is 0.281 e. The van der Waals surface area contributed by atoms with Gasteiger partial charge in [-0.05, 0) is 38.1 Å². The fourth-order valence-corrected chi connectivity index (χ4v) is 4.59. The van der Waals surface area contributed by atoms with Crippen molar-refractivity contribution in [2.75, 3.05) is 13.1 Å². The van der Waals surface area contributed by atoms with Gasteiger partial charge in [0.15, 0.2) is 5.65 Å². The molecular weight excluding hydrogens is 374 g/mol. The molecule has 28 heavy (non-hydrogen) atoms. The van der Waals surface area contributed by atoms with Gasteiger partial charge in [-0.1, -0.05) is 11.3 Å². The number of aromatic nitrogens is 2. The lowest BCUT2D eigenvalue weighted by Crippen LogP contribution is -2.44. The monoisotopic (exact) mass is 395 g/mol. The first-order chi connectivity index (χ1) is 13.6. The molecule has 0 radical (unpaired) electrons. The fraction of sp³-hybridized carbons (Fsp3) is 0.333. The molecule has 3 aromatic heterocycles.